The van der Waals surface area contributed by atoms with Gasteiger partial charge in [-0.05, 0) is 30.7 Å². The second-order valence-electron chi connectivity index (χ2n) is 5.84. The molecule has 0 aliphatic carbocycles. The Hall–Kier alpha value is -2.99. The zero-order valence-corrected chi connectivity index (χ0v) is 15.6. The minimum atomic E-state index is -0.436. The first-order valence-corrected chi connectivity index (χ1v) is 9.33. The number of rotatable bonds is 7. The number of benzene rings is 2. The molecule has 3 rings (SSSR count). The van der Waals surface area contributed by atoms with E-state index in [4.69, 9.17) is 4.74 Å². The molecule has 0 saturated carbocycles. The van der Waals surface area contributed by atoms with Gasteiger partial charge in [-0.3, -0.25) is 4.79 Å². The molecule has 0 bridgehead atoms. The number of aromatic nitrogens is 1. The van der Waals surface area contributed by atoms with Crippen LogP contribution in [0.1, 0.15) is 22.3 Å². The first-order chi connectivity index (χ1) is 13.1. The van der Waals surface area contributed by atoms with Gasteiger partial charge >= 0.3 is 0 Å². The van der Waals surface area contributed by atoms with Gasteiger partial charge in [-0.2, -0.15) is 0 Å². The number of carbonyl (C=O) groups is 1. The highest BCUT2D eigenvalue weighted by Crippen LogP contribution is 2.19. The van der Waals surface area contributed by atoms with Gasteiger partial charge in [0.2, 0.25) is 5.91 Å². The van der Waals surface area contributed by atoms with Gasteiger partial charge in [0.25, 0.3) is 0 Å². The van der Waals surface area contributed by atoms with E-state index < -0.39 is 11.9 Å². The summed E-state index contributed by atoms with van der Waals surface area (Å²) in [6.07, 6.45) is 3.10. The number of carbonyl (C=O) groups excluding carboxylic acids is 1. The van der Waals surface area contributed by atoms with Crippen molar-refractivity contribution in [3.05, 3.63) is 88.1 Å². The third-order valence-corrected chi connectivity index (χ3v) is 4.59. The predicted molar refractivity (Wildman–Crippen MR) is 105 cm³/mol. The molecule has 1 atom stereocenters. The summed E-state index contributed by atoms with van der Waals surface area (Å²) in [6.45, 7) is 2.02. The van der Waals surface area contributed by atoms with E-state index in [0.717, 1.165) is 16.3 Å². The van der Waals surface area contributed by atoms with E-state index >= 15 is 0 Å². The Bertz CT molecular complexity index is 925. The normalized spacial score (nSPS) is 12.1. The minimum Gasteiger partial charge on any atom is -0.488 e. The van der Waals surface area contributed by atoms with E-state index in [-0.39, 0.29) is 18.3 Å². The summed E-state index contributed by atoms with van der Waals surface area (Å²) in [5.41, 5.74) is 1.62. The molecular formula is C21H19FN2O2S. The van der Waals surface area contributed by atoms with Crippen LogP contribution < -0.4 is 10.1 Å². The van der Waals surface area contributed by atoms with Crippen LogP contribution in [0.15, 0.2) is 66.1 Å². The maximum atomic E-state index is 13.8. The number of amides is 1. The molecular weight excluding hydrogens is 363 g/mol. The van der Waals surface area contributed by atoms with Crippen LogP contribution in [0.3, 0.4) is 0 Å². The van der Waals surface area contributed by atoms with Crippen molar-refractivity contribution in [2.24, 2.45) is 0 Å². The monoisotopic (exact) mass is 382 g/mol. The van der Waals surface area contributed by atoms with E-state index in [2.05, 4.69) is 10.3 Å². The standard InChI is InChI=1S/C21H19FN2O2S/c1-15-23-17(14-27-15)11-12-21(25)24-19(16-7-3-2-4-8-16)13-26-20-10-6-5-9-18(20)22/h2-12,14,19H,13H2,1H3,(H,24,25)/b12-11+. The van der Waals surface area contributed by atoms with Crippen molar-refractivity contribution in [1.29, 1.82) is 0 Å². The quantitative estimate of drug-likeness (QED) is 0.611. The fourth-order valence-corrected chi connectivity index (χ4v) is 3.06. The van der Waals surface area contributed by atoms with Crippen LogP contribution in [0.5, 0.6) is 5.75 Å². The number of para-hydroxylation sites is 1. The van der Waals surface area contributed by atoms with Crippen molar-refractivity contribution in [1.82, 2.24) is 10.3 Å². The Morgan fingerprint density at radius 1 is 1.22 bits per heavy atom. The largest absolute Gasteiger partial charge is 0.488 e. The molecule has 3 aromatic rings. The van der Waals surface area contributed by atoms with Gasteiger partial charge in [0.05, 0.1) is 16.7 Å². The molecule has 0 aliphatic rings. The van der Waals surface area contributed by atoms with Gasteiger partial charge in [-0.1, -0.05) is 42.5 Å². The van der Waals surface area contributed by atoms with E-state index in [0.29, 0.717) is 0 Å². The average molecular weight is 382 g/mol. The lowest BCUT2D eigenvalue weighted by atomic mass is 10.1. The second-order valence-corrected chi connectivity index (χ2v) is 6.90. The molecule has 6 heteroatoms. The number of hydrogen-bond donors (Lipinski definition) is 1. The fourth-order valence-electron chi connectivity index (χ4n) is 2.48. The van der Waals surface area contributed by atoms with Crippen LogP contribution in [-0.2, 0) is 4.79 Å². The number of aryl methyl sites for hydroxylation is 1. The topological polar surface area (TPSA) is 51.2 Å². The molecule has 2 aromatic carbocycles. The van der Waals surface area contributed by atoms with Crippen molar-refractivity contribution in [3.63, 3.8) is 0 Å². The molecule has 0 spiro atoms. The Morgan fingerprint density at radius 2 is 1.96 bits per heavy atom. The second kappa shape index (κ2) is 9.09. The molecule has 138 valence electrons. The first kappa shape index (κ1) is 18.8. The number of nitrogens with zero attached hydrogens (tertiary/aromatic N) is 1. The molecule has 0 aliphatic heterocycles. The van der Waals surface area contributed by atoms with Gasteiger partial charge in [-0.25, -0.2) is 9.37 Å². The van der Waals surface area contributed by atoms with Gasteiger partial charge in [0.1, 0.15) is 6.61 Å². The number of halogens is 1. The van der Waals surface area contributed by atoms with Gasteiger partial charge in [0.15, 0.2) is 11.6 Å². The number of hydrogen-bond acceptors (Lipinski definition) is 4. The maximum Gasteiger partial charge on any atom is 0.244 e. The summed E-state index contributed by atoms with van der Waals surface area (Å²) in [5, 5.41) is 5.73. The van der Waals surface area contributed by atoms with Crippen molar-refractivity contribution in [3.8, 4) is 5.75 Å². The van der Waals surface area contributed by atoms with Crippen LogP contribution >= 0.6 is 11.3 Å². The predicted octanol–water partition coefficient (Wildman–Crippen LogP) is 4.54. The van der Waals surface area contributed by atoms with E-state index in [1.165, 1.54) is 23.5 Å². The lowest BCUT2D eigenvalue weighted by molar-refractivity contribution is -0.117. The average Bonchev–Trinajstić information content (AvgIpc) is 3.10. The highest BCUT2D eigenvalue weighted by Gasteiger charge is 2.15. The highest BCUT2D eigenvalue weighted by atomic mass is 32.1. The molecule has 4 nitrogen and oxygen atoms in total. The van der Waals surface area contributed by atoms with Gasteiger partial charge < -0.3 is 10.1 Å². The Balaban J connectivity index is 1.69. The molecule has 1 heterocycles. The smallest absolute Gasteiger partial charge is 0.244 e. The van der Waals surface area contributed by atoms with Crippen molar-refractivity contribution in [2.45, 2.75) is 13.0 Å². The zero-order chi connectivity index (χ0) is 19.1. The van der Waals surface area contributed by atoms with Gasteiger partial charge in [0, 0.05) is 11.5 Å². The zero-order valence-electron chi connectivity index (χ0n) is 14.8. The molecule has 1 aromatic heterocycles. The maximum absolute atomic E-state index is 13.8. The highest BCUT2D eigenvalue weighted by molar-refractivity contribution is 7.09. The van der Waals surface area contributed by atoms with E-state index in [1.807, 2.05) is 42.6 Å². The summed E-state index contributed by atoms with van der Waals surface area (Å²) in [7, 11) is 0. The van der Waals surface area contributed by atoms with Gasteiger partial charge in [-0.15, -0.1) is 11.3 Å². The Kier molecular flexibility index (Phi) is 6.33. The van der Waals surface area contributed by atoms with Crippen molar-refractivity contribution >= 4 is 23.3 Å². The van der Waals surface area contributed by atoms with Crippen LogP contribution in [0.25, 0.3) is 6.08 Å². The van der Waals surface area contributed by atoms with Crippen LogP contribution in [0.2, 0.25) is 0 Å². The summed E-state index contributed by atoms with van der Waals surface area (Å²) >= 11 is 1.52. The Labute approximate surface area is 161 Å². The fraction of sp³-hybridized carbons (Fsp3) is 0.143. The first-order valence-electron chi connectivity index (χ1n) is 8.45. The lowest BCUT2D eigenvalue weighted by Gasteiger charge is -2.19. The minimum absolute atomic E-state index is 0.111. The van der Waals surface area contributed by atoms with Crippen LogP contribution in [0, 0.1) is 12.7 Å². The molecule has 0 radical (unpaired) electrons. The number of ether oxygens (including phenoxy) is 1. The lowest BCUT2D eigenvalue weighted by Crippen LogP contribution is -2.31. The van der Waals surface area contributed by atoms with E-state index in [1.54, 1.807) is 24.3 Å². The van der Waals surface area contributed by atoms with Crippen molar-refractivity contribution in [2.75, 3.05) is 6.61 Å². The van der Waals surface area contributed by atoms with Crippen LogP contribution in [0.4, 0.5) is 4.39 Å². The summed E-state index contributed by atoms with van der Waals surface area (Å²) in [4.78, 5) is 16.6. The molecule has 1 amide bonds. The van der Waals surface area contributed by atoms with Crippen LogP contribution in [-0.4, -0.2) is 17.5 Å². The molecule has 0 fully saturated rings. The Morgan fingerprint density at radius 3 is 2.67 bits per heavy atom. The number of nitrogens with one attached hydrogen (secondary N) is 1. The SMILES string of the molecule is Cc1nc(/C=C/C(=O)NC(COc2ccccc2F)c2ccccc2)cs1. The van der Waals surface area contributed by atoms with Crippen molar-refractivity contribution < 1.29 is 13.9 Å². The third kappa shape index (κ3) is 5.49. The summed E-state index contributed by atoms with van der Waals surface area (Å²) < 4.78 is 19.4. The number of thiazole rings is 1. The molecule has 1 unspecified atom stereocenters. The van der Waals surface area contributed by atoms with E-state index in [9.17, 15) is 9.18 Å². The summed E-state index contributed by atoms with van der Waals surface area (Å²) in [5.74, 6) is -0.553. The molecule has 0 saturated heterocycles. The third-order valence-electron chi connectivity index (χ3n) is 3.80. The molecule has 1 N–H and O–H groups in total. The summed E-state index contributed by atoms with van der Waals surface area (Å²) in [6, 6.07) is 15.2. The molecule has 27 heavy (non-hydrogen) atoms.